The van der Waals surface area contributed by atoms with Crippen LogP contribution in [0.2, 0.25) is 0 Å². The molecule has 4 rings (SSSR count). The molecule has 0 unspecified atom stereocenters. The molecule has 1 N–H and O–H groups in total. The smallest absolute Gasteiger partial charge is 0.261 e. The van der Waals surface area contributed by atoms with Gasteiger partial charge in [0, 0.05) is 37.7 Å². The minimum Gasteiger partial charge on any atom is -0.490 e. The molecule has 0 atom stereocenters. The van der Waals surface area contributed by atoms with Crippen LogP contribution in [0.25, 0.3) is 0 Å². The zero-order chi connectivity index (χ0) is 22.4. The number of hydrogen-bond donors (Lipinski definition) is 1. The van der Waals surface area contributed by atoms with Crippen LogP contribution in [0.3, 0.4) is 0 Å². The monoisotopic (exact) mass is 452 g/mol. The number of fused-ring (bicyclic) bond motifs is 1. The van der Waals surface area contributed by atoms with Gasteiger partial charge in [-0.3, -0.25) is 14.5 Å². The van der Waals surface area contributed by atoms with Crippen molar-refractivity contribution in [2.75, 3.05) is 17.9 Å². The number of rotatable bonds is 8. The van der Waals surface area contributed by atoms with Crippen molar-refractivity contribution in [3.05, 3.63) is 78.1 Å². The van der Waals surface area contributed by atoms with Gasteiger partial charge < -0.3 is 9.47 Å². The molecule has 0 saturated heterocycles. The van der Waals surface area contributed by atoms with E-state index in [4.69, 9.17) is 9.47 Å². The Labute approximate surface area is 187 Å². The van der Waals surface area contributed by atoms with Crippen molar-refractivity contribution in [2.24, 2.45) is 0 Å². The molecular weight excluding hydrogens is 428 g/mol. The number of pyridine rings is 1. The first-order chi connectivity index (χ1) is 15.5. The van der Waals surface area contributed by atoms with Crippen LogP contribution in [-0.4, -0.2) is 32.4 Å². The van der Waals surface area contributed by atoms with Gasteiger partial charge in [0.1, 0.15) is 5.78 Å². The zero-order valence-corrected chi connectivity index (χ0v) is 18.3. The molecule has 1 aliphatic heterocycles. The van der Waals surface area contributed by atoms with Crippen LogP contribution in [0.4, 0.5) is 5.69 Å². The fraction of sp³-hybridized carbons (Fsp3) is 0.250. The summed E-state index contributed by atoms with van der Waals surface area (Å²) in [6.45, 7) is 1.09. The summed E-state index contributed by atoms with van der Waals surface area (Å²) >= 11 is 0. The predicted molar refractivity (Wildman–Crippen MR) is 121 cm³/mol. The number of aryl methyl sites for hydroxylation is 1. The third-order valence-corrected chi connectivity index (χ3v) is 6.45. The lowest BCUT2D eigenvalue weighted by Crippen LogP contribution is -2.13. The lowest BCUT2D eigenvalue weighted by molar-refractivity contribution is -0.118. The van der Waals surface area contributed by atoms with Gasteiger partial charge in [-0.15, -0.1) is 0 Å². The molecule has 0 fully saturated rings. The topological polar surface area (TPSA) is 94.6 Å². The second kappa shape index (κ2) is 9.82. The molecule has 0 bridgehead atoms. The number of carbonyl (C=O) groups is 1. The van der Waals surface area contributed by atoms with Gasteiger partial charge in [-0.25, -0.2) is 8.42 Å². The normalized spacial score (nSPS) is 13.2. The quantitative estimate of drug-likeness (QED) is 0.559. The Morgan fingerprint density at radius 3 is 2.50 bits per heavy atom. The second-order valence-electron chi connectivity index (χ2n) is 7.54. The molecule has 0 amide bonds. The summed E-state index contributed by atoms with van der Waals surface area (Å²) in [7, 11) is -3.78. The van der Waals surface area contributed by atoms with Gasteiger partial charge in [0.15, 0.2) is 11.5 Å². The number of ether oxygens (including phenoxy) is 2. The Morgan fingerprint density at radius 2 is 1.75 bits per heavy atom. The highest BCUT2D eigenvalue weighted by molar-refractivity contribution is 7.92. The Hall–Kier alpha value is -3.39. The summed E-state index contributed by atoms with van der Waals surface area (Å²) in [4.78, 5) is 16.4. The number of sulfonamides is 1. The van der Waals surface area contributed by atoms with Crippen LogP contribution in [0.1, 0.15) is 24.0 Å². The largest absolute Gasteiger partial charge is 0.490 e. The number of nitrogens with zero attached hydrogens (tertiary/aromatic N) is 1. The first-order valence-electron chi connectivity index (χ1n) is 10.4. The second-order valence-corrected chi connectivity index (χ2v) is 9.22. The lowest BCUT2D eigenvalue weighted by atomic mass is 10.0. The molecule has 0 radical (unpaired) electrons. The van der Waals surface area contributed by atoms with E-state index in [0.29, 0.717) is 43.2 Å². The van der Waals surface area contributed by atoms with Gasteiger partial charge in [0.05, 0.1) is 23.8 Å². The Bertz CT molecular complexity index is 1180. The average Bonchev–Trinajstić information content (AvgIpc) is 3.03. The van der Waals surface area contributed by atoms with Crippen molar-refractivity contribution in [3.8, 4) is 11.5 Å². The summed E-state index contributed by atoms with van der Waals surface area (Å²) in [6, 6.07) is 15.1. The number of Topliss-reactive ketones (excluding diaryl/α,β-unsaturated/α-hetero) is 1. The minimum absolute atomic E-state index is 0.0924. The zero-order valence-electron chi connectivity index (χ0n) is 17.5. The maximum absolute atomic E-state index is 12.8. The van der Waals surface area contributed by atoms with Crippen LogP contribution in [0.5, 0.6) is 11.5 Å². The van der Waals surface area contributed by atoms with Crippen LogP contribution >= 0.6 is 0 Å². The van der Waals surface area contributed by atoms with E-state index in [1.165, 1.54) is 12.1 Å². The van der Waals surface area contributed by atoms with Gasteiger partial charge in [-0.1, -0.05) is 18.2 Å². The highest BCUT2D eigenvalue weighted by atomic mass is 32.2. The van der Waals surface area contributed by atoms with Crippen molar-refractivity contribution >= 4 is 21.5 Å². The van der Waals surface area contributed by atoms with E-state index >= 15 is 0 Å². The van der Waals surface area contributed by atoms with Gasteiger partial charge in [0.25, 0.3) is 10.0 Å². The van der Waals surface area contributed by atoms with Crippen molar-refractivity contribution in [1.82, 2.24) is 4.98 Å². The Kier molecular flexibility index (Phi) is 6.70. The van der Waals surface area contributed by atoms with Crippen LogP contribution in [0.15, 0.2) is 71.9 Å². The molecule has 2 heterocycles. The van der Waals surface area contributed by atoms with Crippen molar-refractivity contribution in [1.29, 1.82) is 0 Å². The van der Waals surface area contributed by atoms with E-state index in [-0.39, 0.29) is 17.1 Å². The number of benzene rings is 2. The number of hydrogen-bond acceptors (Lipinski definition) is 6. The fourth-order valence-electron chi connectivity index (χ4n) is 3.37. The molecule has 0 aliphatic carbocycles. The van der Waals surface area contributed by atoms with E-state index in [2.05, 4.69) is 9.71 Å². The van der Waals surface area contributed by atoms with Crippen LogP contribution < -0.4 is 14.2 Å². The summed E-state index contributed by atoms with van der Waals surface area (Å²) in [5.41, 5.74) is 2.18. The molecule has 1 aromatic heterocycles. The highest BCUT2D eigenvalue weighted by Gasteiger charge is 2.17. The summed E-state index contributed by atoms with van der Waals surface area (Å²) < 4.78 is 39.3. The van der Waals surface area contributed by atoms with Crippen molar-refractivity contribution in [2.45, 2.75) is 30.6 Å². The molecule has 3 aromatic rings. The van der Waals surface area contributed by atoms with Gasteiger partial charge in [-0.05, 0) is 47.9 Å². The molecule has 32 heavy (non-hydrogen) atoms. The van der Waals surface area contributed by atoms with E-state index in [1.54, 1.807) is 42.7 Å². The number of ketones is 1. The third kappa shape index (κ3) is 5.64. The summed E-state index contributed by atoms with van der Waals surface area (Å²) in [5.74, 6) is 1.21. The molecule has 166 valence electrons. The first kappa shape index (κ1) is 21.8. The fourth-order valence-corrected chi connectivity index (χ4v) is 4.42. The minimum atomic E-state index is -3.78. The predicted octanol–water partition coefficient (Wildman–Crippen LogP) is 3.79. The summed E-state index contributed by atoms with van der Waals surface area (Å²) in [5, 5.41) is 0. The molecule has 2 aromatic carbocycles. The first-order valence-corrected chi connectivity index (χ1v) is 11.9. The number of aromatic nitrogens is 1. The van der Waals surface area contributed by atoms with Gasteiger partial charge in [-0.2, -0.15) is 0 Å². The van der Waals surface area contributed by atoms with Gasteiger partial charge in [0.2, 0.25) is 0 Å². The van der Waals surface area contributed by atoms with Crippen LogP contribution in [0, 0.1) is 0 Å². The number of nitrogens with one attached hydrogen (secondary N) is 1. The molecule has 1 aliphatic rings. The standard InChI is InChI=1S/C24H24N2O5S/c27-21(8-4-19-3-1-12-25-17-19)15-18-5-9-22(10-6-18)32(28,29)26-20-7-11-23-24(16-20)31-14-2-13-30-23/h1,3,5-7,9-12,16-17,26H,2,4,8,13-15H2. The van der Waals surface area contributed by atoms with Crippen LogP contribution in [-0.2, 0) is 27.7 Å². The van der Waals surface area contributed by atoms with E-state index in [1.807, 2.05) is 12.1 Å². The van der Waals surface area contributed by atoms with E-state index in [0.717, 1.165) is 17.5 Å². The van der Waals surface area contributed by atoms with Gasteiger partial charge >= 0.3 is 0 Å². The molecule has 0 saturated carbocycles. The maximum Gasteiger partial charge on any atom is 0.261 e. The molecular formula is C24H24N2O5S. The molecule has 7 nitrogen and oxygen atoms in total. The maximum atomic E-state index is 12.8. The van der Waals surface area contributed by atoms with E-state index in [9.17, 15) is 13.2 Å². The Morgan fingerprint density at radius 1 is 0.969 bits per heavy atom. The van der Waals surface area contributed by atoms with E-state index < -0.39 is 10.0 Å². The summed E-state index contributed by atoms with van der Waals surface area (Å²) in [6.07, 6.45) is 5.54. The molecule has 0 spiro atoms. The average molecular weight is 453 g/mol. The SMILES string of the molecule is O=C(CCc1cccnc1)Cc1ccc(S(=O)(=O)Nc2ccc3c(c2)OCCCO3)cc1. The molecule has 8 heteroatoms. The third-order valence-electron chi connectivity index (χ3n) is 5.05. The van der Waals surface area contributed by atoms with Crippen molar-refractivity contribution in [3.63, 3.8) is 0 Å². The number of anilines is 1. The number of carbonyl (C=O) groups excluding carboxylic acids is 1. The highest BCUT2D eigenvalue weighted by Crippen LogP contribution is 2.33. The lowest BCUT2D eigenvalue weighted by Gasteiger charge is -2.12. The Balaban J connectivity index is 1.37. The van der Waals surface area contributed by atoms with Crippen molar-refractivity contribution < 1.29 is 22.7 Å².